The fourth-order valence-corrected chi connectivity index (χ4v) is 4.16. The summed E-state index contributed by atoms with van der Waals surface area (Å²) in [6.07, 6.45) is 2.62. The lowest BCUT2D eigenvalue weighted by Crippen LogP contribution is -2.40. The molecule has 178 valence electrons. The van der Waals surface area contributed by atoms with Gasteiger partial charge in [-0.3, -0.25) is 9.59 Å². The molecule has 2 amide bonds. The second-order valence-electron chi connectivity index (χ2n) is 8.88. The first kappa shape index (κ1) is 23.5. The van der Waals surface area contributed by atoms with Gasteiger partial charge in [0.1, 0.15) is 12.0 Å². The van der Waals surface area contributed by atoms with E-state index in [0.29, 0.717) is 37.1 Å². The molecule has 0 bridgehead atoms. The lowest BCUT2D eigenvalue weighted by atomic mass is 9.87. The first-order chi connectivity index (χ1) is 16.5. The maximum absolute atomic E-state index is 12.7. The number of nitrogens with one attached hydrogen (secondary N) is 1. The maximum atomic E-state index is 12.7. The summed E-state index contributed by atoms with van der Waals surface area (Å²) in [4.78, 5) is 31.1. The van der Waals surface area contributed by atoms with Crippen LogP contribution in [0, 0.1) is 5.92 Å². The van der Waals surface area contributed by atoms with Crippen molar-refractivity contribution in [2.45, 2.75) is 46.3 Å². The van der Waals surface area contributed by atoms with Crippen LogP contribution in [0.5, 0.6) is 5.75 Å². The Bertz CT molecular complexity index is 1140. The van der Waals surface area contributed by atoms with Gasteiger partial charge in [0.05, 0.1) is 6.04 Å². The SMILES string of the molecule is CCC(=O)N1CCc2ccc(OCc3nc(C(=O)NCC(C)C)co3)cc2C1c1ccccc1. The van der Waals surface area contributed by atoms with Crippen molar-refractivity contribution in [3.05, 3.63) is 83.1 Å². The van der Waals surface area contributed by atoms with Crippen molar-refractivity contribution in [2.24, 2.45) is 5.92 Å². The highest BCUT2D eigenvalue weighted by atomic mass is 16.5. The summed E-state index contributed by atoms with van der Waals surface area (Å²) < 4.78 is 11.4. The number of carbonyl (C=O) groups is 2. The maximum Gasteiger partial charge on any atom is 0.273 e. The second-order valence-corrected chi connectivity index (χ2v) is 8.88. The molecule has 2 aromatic carbocycles. The fourth-order valence-electron chi connectivity index (χ4n) is 4.16. The summed E-state index contributed by atoms with van der Waals surface area (Å²) in [6, 6.07) is 15.9. The van der Waals surface area contributed by atoms with E-state index >= 15 is 0 Å². The minimum Gasteiger partial charge on any atom is -0.484 e. The van der Waals surface area contributed by atoms with E-state index in [0.717, 1.165) is 17.5 Å². The molecule has 0 radical (unpaired) electrons. The third-order valence-corrected chi connectivity index (χ3v) is 5.90. The predicted molar refractivity (Wildman–Crippen MR) is 128 cm³/mol. The minimum atomic E-state index is -0.260. The molecule has 1 aliphatic rings. The van der Waals surface area contributed by atoms with Gasteiger partial charge in [0.25, 0.3) is 5.91 Å². The molecule has 1 N–H and O–H groups in total. The summed E-state index contributed by atoms with van der Waals surface area (Å²) in [5, 5.41) is 2.82. The van der Waals surface area contributed by atoms with Crippen LogP contribution in [0.25, 0.3) is 0 Å². The number of fused-ring (bicyclic) bond motifs is 1. The molecule has 3 aromatic rings. The van der Waals surface area contributed by atoms with Crippen LogP contribution in [0.3, 0.4) is 0 Å². The van der Waals surface area contributed by atoms with E-state index in [1.54, 1.807) is 0 Å². The molecule has 7 nitrogen and oxygen atoms in total. The lowest BCUT2D eigenvalue weighted by Gasteiger charge is -2.38. The van der Waals surface area contributed by atoms with Crippen molar-refractivity contribution in [2.75, 3.05) is 13.1 Å². The molecule has 0 fully saturated rings. The minimum absolute atomic E-state index is 0.101. The predicted octanol–water partition coefficient (Wildman–Crippen LogP) is 4.52. The number of oxazole rings is 1. The summed E-state index contributed by atoms with van der Waals surface area (Å²) in [5.41, 5.74) is 3.59. The highest BCUT2D eigenvalue weighted by molar-refractivity contribution is 5.91. The van der Waals surface area contributed by atoms with Gasteiger partial charge in [-0.05, 0) is 41.2 Å². The summed E-state index contributed by atoms with van der Waals surface area (Å²) in [7, 11) is 0. The molecule has 0 aliphatic carbocycles. The van der Waals surface area contributed by atoms with E-state index < -0.39 is 0 Å². The van der Waals surface area contributed by atoms with Crippen LogP contribution in [0.15, 0.2) is 59.2 Å². The fraction of sp³-hybridized carbons (Fsp3) is 0.370. The summed E-state index contributed by atoms with van der Waals surface area (Å²) in [5.74, 6) is 1.22. The first-order valence-electron chi connectivity index (χ1n) is 11.8. The second kappa shape index (κ2) is 10.5. The van der Waals surface area contributed by atoms with E-state index in [1.807, 2.05) is 56.0 Å². The highest BCUT2D eigenvalue weighted by Crippen LogP contribution is 2.37. The van der Waals surface area contributed by atoms with Gasteiger partial charge in [0, 0.05) is 19.5 Å². The van der Waals surface area contributed by atoms with Gasteiger partial charge in [-0.1, -0.05) is 57.2 Å². The Morgan fingerprint density at radius 1 is 1.21 bits per heavy atom. The summed E-state index contributed by atoms with van der Waals surface area (Å²) >= 11 is 0. The molecule has 0 saturated heterocycles. The Morgan fingerprint density at radius 3 is 2.74 bits per heavy atom. The Morgan fingerprint density at radius 2 is 2.00 bits per heavy atom. The van der Waals surface area contributed by atoms with Crippen molar-refractivity contribution in [3.8, 4) is 5.75 Å². The van der Waals surface area contributed by atoms with Crippen LogP contribution < -0.4 is 10.1 Å². The van der Waals surface area contributed by atoms with Crippen molar-refractivity contribution in [1.82, 2.24) is 15.2 Å². The van der Waals surface area contributed by atoms with Gasteiger partial charge < -0.3 is 19.4 Å². The van der Waals surface area contributed by atoms with Gasteiger partial charge in [0.2, 0.25) is 11.8 Å². The van der Waals surface area contributed by atoms with E-state index in [-0.39, 0.29) is 30.2 Å². The molecule has 4 rings (SSSR count). The number of carbonyl (C=O) groups excluding carboxylic acids is 2. The number of hydrogen-bond acceptors (Lipinski definition) is 5. The van der Waals surface area contributed by atoms with Gasteiger partial charge in [-0.2, -0.15) is 0 Å². The van der Waals surface area contributed by atoms with Crippen LogP contribution in [0.1, 0.15) is 66.3 Å². The Kier molecular flexibility index (Phi) is 7.30. The first-order valence-corrected chi connectivity index (χ1v) is 11.8. The zero-order valence-corrected chi connectivity index (χ0v) is 19.9. The van der Waals surface area contributed by atoms with Crippen LogP contribution in [-0.2, 0) is 17.8 Å². The van der Waals surface area contributed by atoms with Crippen LogP contribution in [0.2, 0.25) is 0 Å². The molecule has 0 saturated carbocycles. The highest BCUT2D eigenvalue weighted by Gasteiger charge is 2.31. The Hall–Kier alpha value is -3.61. The number of aromatic nitrogens is 1. The molecule has 1 aromatic heterocycles. The average molecular weight is 462 g/mol. The van der Waals surface area contributed by atoms with Crippen LogP contribution >= 0.6 is 0 Å². The number of ether oxygens (including phenoxy) is 1. The third-order valence-electron chi connectivity index (χ3n) is 5.90. The number of rotatable bonds is 8. The van der Waals surface area contributed by atoms with Gasteiger partial charge >= 0.3 is 0 Å². The molecule has 34 heavy (non-hydrogen) atoms. The topological polar surface area (TPSA) is 84.7 Å². The number of amides is 2. The van der Waals surface area contributed by atoms with Crippen molar-refractivity contribution < 1.29 is 18.7 Å². The quantitative estimate of drug-likeness (QED) is 0.533. The summed E-state index contributed by atoms with van der Waals surface area (Å²) in [6.45, 7) is 7.32. The molecule has 7 heteroatoms. The zero-order chi connectivity index (χ0) is 24.1. The smallest absolute Gasteiger partial charge is 0.273 e. The molecular formula is C27H31N3O4. The monoisotopic (exact) mass is 461 g/mol. The van der Waals surface area contributed by atoms with E-state index in [1.165, 1.54) is 11.8 Å². The van der Waals surface area contributed by atoms with Gasteiger partial charge in [-0.15, -0.1) is 0 Å². The standard InChI is InChI=1S/C27H31N3O4/c1-4-25(31)30-13-12-19-10-11-21(14-22(19)26(30)20-8-6-5-7-9-20)33-17-24-29-23(16-34-24)27(32)28-15-18(2)3/h5-11,14,16,18,26H,4,12-13,15,17H2,1-3H3,(H,28,32). The number of benzene rings is 2. The number of nitrogens with zero attached hydrogens (tertiary/aromatic N) is 2. The Balaban J connectivity index is 1.52. The van der Waals surface area contributed by atoms with Gasteiger partial charge in [0.15, 0.2) is 12.3 Å². The number of hydrogen-bond donors (Lipinski definition) is 1. The zero-order valence-electron chi connectivity index (χ0n) is 19.9. The van der Waals surface area contributed by atoms with E-state index in [9.17, 15) is 9.59 Å². The van der Waals surface area contributed by atoms with Crippen LogP contribution in [0.4, 0.5) is 0 Å². The van der Waals surface area contributed by atoms with E-state index in [4.69, 9.17) is 9.15 Å². The normalized spacial score (nSPS) is 15.2. The average Bonchev–Trinajstić information content (AvgIpc) is 3.34. The van der Waals surface area contributed by atoms with Gasteiger partial charge in [-0.25, -0.2) is 4.98 Å². The molecule has 1 unspecified atom stereocenters. The van der Waals surface area contributed by atoms with Crippen molar-refractivity contribution in [3.63, 3.8) is 0 Å². The lowest BCUT2D eigenvalue weighted by molar-refractivity contribution is -0.132. The molecule has 2 heterocycles. The van der Waals surface area contributed by atoms with E-state index in [2.05, 4.69) is 28.5 Å². The van der Waals surface area contributed by atoms with Crippen LogP contribution in [-0.4, -0.2) is 34.8 Å². The largest absolute Gasteiger partial charge is 0.484 e. The molecular weight excluding hydrogens is 430 g/mol. The third kappa shape index (κ3) is 5.30. The molecule has 1 aliphatic heterocycles. The molecule has 1 atom stereocenters. The molecule has 0 spiro atoms. The Labute approximate surface area is 200 Å². The van der Waals surface area contributed by atoms with Crippen molar-refractivity contribution in [1.29, 1.82) is 0 Å². The van der Waals surface area contributed by atoms with Crippen molar-refractivity contribution >= 4 is 11.8 Å².